The van der Waals surface area contributed by atoms with E-state index in [0.29, 0.717) is 0 Å². The minimum Gasteiger partial charge on any atom is -0.329 e. The van der Waals surface area contributed by atoms with Crippen molar-refractivity contribution in [2.75, 3.05) is 6.54 Å². The van der Waals surface area contributed by atoms with Crippen LogP contribution in [0.2, 0.25) is 0 Å². The van der Waals surface area contributed by atoms with Crippen molar-refractivity contribution in [1.29, 1.82) is 0 Å². The molecule has 106 valence electrons. The number of hydrogen-bond acceptors (Lipinski definition) is 2. The Balaban J connectivity index is 1.85. The summed E-state index contributed by atoms with van der Waals surface area (Å²) >= 11 is 0. The van der Waals surface area contributed by atoms with Crippen molar-refractivity contribution in [2.24, 2.45) is 5.92 Å². The molecular formula is C16H27N3. The fraction of sp³-hybridized carbons (Fsp3) is 0.812. The summed E-state index contributed by atoms with van der Waals surface area (Å²) in [5.74, 6) is 2.30. The summed E-state index contributed by atoms with van der Waals surface area (Å²) < 4.78 is 2.63. The van der Waals surface area contributed by atoms with E-state index >= 15 is 0 Å². The molecule has 3 heteroatoms. The van der Waals surface area contributed by atoms with Gasteiger partial charge in [-0.05, 0) is 31.6 Å². The van der Waals surface area contributed by atoms with E-state index in [0.717, 1.165) is 37.9 Å². The van der Waals surface area contributed by atoms with Gasteiger partial charge in [0.2, 0.25) is 0 Å². The van der Waals surface area contributed by atoms with E-state index in [4.69, 9.17) is 4.98 Å². The van der Waals surface area contributed by atoms with Gasteiger partial charge in [0.25, 0.3) is 0 Å². The lowest BCUT2D eigenvalue weighted by Gasteiger charge is -2.31. The molecule has 1 saturated carbocycles. The predicted octanol–water partition coefficient (Wildman–Crippen LogP) is 3.23. The molecular weight excluding hydrogens is 234 g/mol. The van der Waals surface area contributed by atoms with Crippen molar-refractivity contribution in [3.05, 3.63) is 17.2 Å². The maximum absolute atomic E-state index is 4.88. The average Bonchev–Trinajstić information content (AvgIpc) is 2.86. The quantitative estimate of drug-likeness (QED) is 0.905. The fourth-order valence-corrected chi connectivity index (χ4v) is 3.88. The molecule has 0 atom stereocenters. The van der Waals surface area contributed by atoms with E-state index in [1.807, 2.05) is 0 Å². The first-order valence-corrected chi connectivity index (χ1v) is 8.13. The van der Waals surface area contributed by atoms with Crippen molar-refractivity contribution in [3.63, 3.8) is 0 Å². The zero-order valence-corrected chi connectivity index (χ0v) is 12.4. The summed E-state index contributed by atoms with van der Waals surface area (Å²) in [5.41, 5.74) is 2.86. The molecule has 3 rings (SSSR count). The van der Waals surface area contributed by atoms with Crippen LogP contribution in [0.1, 0.15) is 69.2 Å². The minimum atomic E-state index is 0.729. The van der Waals surface area contributed by atoms with Crippen LogP contribution in [0.4, 0.5) is 0 Å². The first-order chi connectivity index (χ1) is 9.33. The lowest BCUT2D eigenvalue weighted by Crippen LogP contribution is -2.27. The summed E-state index contributed by atoms with van der Waals surface area (Å²) in [4.78, 5) is 4.88. The first kappa shape index (κ1) is 13.2. The maximum Gasteiger partial charge on any atom is 0.109 e. The normalized spacial score (nSPS) is 27.3. The Bertz CT molecular complexity index is 427. The van der Waals surface area contributed by atoms with E-state index in [1.165, 1.54) is 49.3 Å². The average molecular weight is 261 g/mol. The Kier molecular flexibility index (Phi) is 3.92. The molecule has 2 heterocycles. The van der Waals surface area contributed by atoms with Gasteiger partial charge in [-0.25, -0.2) is 4.98 Å². The lowest BCUT2D eigenvalue weighted by atomic mass is 9.84. The van der Waals surface area contributed by atoms with Crippen LogP contribution in [0.15, 0.2) is 0 Å². The number of aromatic nitrogens is 2. The summed E-state index contributed by atoms with van der Waals surface area (Å²) in [6.07, 6.45) is 9.14. The SMILES string of the molecule is CCc1nc2c(n1C1CCC(CC)CC1)CCNC2. The Labute approximate surface area is 116 Å². The molecule has 1 N–H and O–H groups in total. The van der Waals surface area contributed by atoms with Crippen LogP contribution >= 0.6 is 0 Å². The Morgan fingerprint density at radius 1 is 1.21 bits per heavy atom. The van der Waals surface area contributed by atoms with Gasteiger partial charge in [-0.3, -0.25) is 0 Å². The van der Waals surface area contributed by atoms with Gasteiger partial charge in [0, 0.05) is 37.7 Å². The minimum absolute atomic E-state index is 0.729. The largest absolute Gasteiger partial charge is 0.329 e. The highest BCUT2D eigenvalue weighted by atomic mass is 15.1. The number of imidazole rings is 1. The van der Waals surface area contributed by atoms with Gasteiger partial charge in [-0.15, -0.1) is 0 Å². The number of nitrogens with zero attached hydrogens (tertiary/aromatic N) is 2. The highest BCUT2D eigenvalue weighted by Gasteiger charge is 2.27. The predicted molar refractivity (Wildman–Crippen MR) is 78.3 cm³/mol. The monoisotopic (exact) mass is 261 g/mol. The molecule has 1 aromatic heterocycles. The van der Waals surface area contributed by atoms with Crippen molar-refractivity contribution in [3.8, 4) is 0 Å². The second-order valence-corrected chi connectivity index (χ2v) is 6.15. The molecule has 3 nitrogen and oxygen atoms in total. The third-order valence-electron chi connectivity index (χ3n) is 5.07. The number of rotatable bonds is 3. The van der Waals surface area contributed by atoms with Crippen molar-refractivity contribution in [1.82, 2.24) is 14.9 Å². The molecule has 0 spiro atoms. The summed E-state index contributed by atoms with van der Waals surface area (Å²) in [6, 6.07) is 0.729. The van der Waals surface area contributed by atoms with Gasteiger partial charge in [-0.1, -0.05) is 20.3 Å². The van der Waals surface area contributed by atoms with E-state index in [1.54, 1.807) is 0 Å². The number of aryl methyl sites for hydroxylation is 1. The number of fused-ring (bicyclic) bond motifs is 1. The standard InChI is InChI=1S/C16H27N3/c1-3-12-5-7-13(8-6-12)19-15-9-10-17-11-14(15)18-16(19)4-2/h12-13,17H,3-11H2,1-2H3. The van der Waals surface area contributed by atoms with Crippen LogP contribution in [-0.2, 0) is 19.4 Å². The van der Waals surface area contributed by atoms with Gasteiger partial charge in [0.1, 0.15) is 5.82 Å². The van der Waals surface area contributed by atoms with Crippen LogP contribution < -0.4 is 5.32 Å². The molecule has 0 unspecified atom stereocenters. The molecule has 19 heavy (non-hydrogen) atoms. The van der Waals surface area contributed by atoms with E-state index in [-0.39, 0.29) is 0 Å². The van der Waals surface area contributed by atoms with Crippen molar-refractivity contribution in [2.45, 2.75) is 71.4 Å². The summed E-state index contributed by atoms with van der Waals surface area (Å²) in [6.45, 7) is 6.67. The molecule has 0 radical (unpaired) electrons. The van der Waals surface area contributed by atoms with Gasteiger partial charge in [-0.2, -0.15) is 0 Å². The molecule has 1 fully saturated rings. The van der Waals surface area contributed by atoms with Crippen molar-refractivity contribution < 1.29 is 0 Å². The molecule has 0 aromatic carbocycles. The third kappa shape index (κ3) is 2.45. The molecule has 1 aliphatic heterocycles. The molecule has 1 aromatic rings. The Morgan fingerprint density at radius 3 is 2.68 bits per heavy atom. The Hall–Kier alpha value is -0.830. The van der Waals surface area contributed by atoms with Crippen LogP contribution in [0, 0.1) is 5.92 Å². The smallest absolute Gasteiger partial charge is 0.109 e. The van der Waals surface area contributed by atoms with Crippen LogP contribution in [0.5, 0.6) is 0 Å². The van der Waals surface area contributed by atoms with E-state index < -0.39 is 0 Å². The molecule has 0 amide bonds. The van der Waals surface area contributed by atoms with Crippen LogP contribution in [-0.4, -0.2) is 16.1 Å². The second kappa shape index (κ2) is 5.66. The van der Waals surface area contributed by atoms with E-state index in [2.05, 4.69) is 23.7 Å². The summed E-state index contributed by atoms with van der Waals surface area (Å²) in [5, 5.41) is 3.45. The maximum atomic E-state index is 4.88. The number of hydrogen-bond donors (Lipinski definition) is 1. The van der Waals surface area contributed by atoms with Gasteiger partial charge in [0.05, 0.1) is 5.69 Å². The zero-order chi connectivity index (χ0) is 13.2. The first-order valence-electron chi connectivity index (χ1n) is 8.13. The number of nitrogens with one attached hydrogen (secondary N) is 1. The van der Waals surface area contributed by atoms with Crippen LogP contribution in [0.25, 0.3) is 0 Å². The molecule has 1 aliphatic carbocycles. The molecule has 2 aliphatic rings. The van der Waals surface area contributed by atoms with Gasteiger partial charge < -0.3 is 9.88 Å². The van der Waals surface area contributed by atoms with Gasteiger partial charge >= 0.3 is 0 Å². The van der Waals surface area contributed by atoms with Crippen molar-refractivity contribution >= 4 is 0 Å². The second-order valence-electron chi connectivity index (χ2n) is 6.15. The Morgan fingerprint density at radius 2 is 2.00 bits per heavy atom. The van der Waals surface area contributed by atoms with Gasteiger partial charge in [0.15, 0.2) is 0 Å². The molecule has 0 bridgehead atoms. The summed E-state index contributed by atoms with van der Waals surface area (Å²) in [7, 11) is 0. The lowest BCUT2D eigenvalue weighted by molar-refractivity contribution is 0.262. The molecule has 0 saturated heterocycles. The highest BCUT2D eigenvalue weighted by Crippen LogP contribution is 2.36. The topological polar surface area (TPSA) is 29.9 Å². The third-order valence-corrected chi connectivity index (χ3v) is 5.07. The fourth-order valence-electron chi connectivity index (χ4n) is 3.88. The van der Waals surface area contributed by atoms with E-state index in [9.17, 15) is 0 Å². The zero-order valence-electron chi connectivity index (χ0n) is 12.4. The van der Waals surface area contributed by atoms with Crippen LogP contribution in [0.3, 0.4) is 0 Å². The highest BCUT2D eigenvalue weighted by molar-refractivity contribution is 5.21.